The van der Waals surface area contributed by atoms with E-state index in [0.29, 0.717) is 11.1 Å². The molecule has 1 saturated heterocycles. The fourth-order valence-corrected chi connectivity index (χ4v) is 4.23. The Hall–Kier alpha value is -0.120. The summed E-state index contributed by atoms with van der Waals surface area (Å²) in [5.41, 5.74) is 0.811. The van der Waals surface area contributed by atoms with Crippen molar-refractivity contribution in [3.63, 3.8) is 0 Å². The van der Waals surface area contributed by atoms with Gasteiger partial charge in [-0.1, -0.05) is 12.8 Å². The predicted molar refractivity (Wildman–Crippen MR) is 78.4 cm³/mol. The number of nitrogens with one attached hydrogen (secondary N) is 1. The van der Waals surface area contributed by atoms with Gasteiger partial charge in [-0.3, -0.25) is 4.90 Å². The zero-order valence-corrected chi connectivity index (χ0v) is 12.7. The third kappa shape index (κ3) is 2.70. The second kappa shape index (κ2) is 5.34. The van der Waals surface area contributed by atoms with Crippen molar-refractivity contribution in [3.05, 3.63) is 0 Å². The quantitative estimate of drug-likeness (QED) is 0.773. The van der Waals surface area contributed by atoms with E-state index in [-0.39, 0.29) is 0 Å². The predicted octanol–water partition coefficient (Wildman–Crippen LogP) is 2.41. The van der Waals surface area contributed by atoms with Crippen LogP contribution in [-0.2, 0) is 4.74 Å². The zero-order valence-electron chi connectivity index (χ0n) is 12.7. The zero-order chi connectivity index (χ0) is 13.3. The summed E-state index contributed by atoms with van der Waals surface area (Å²) >= 11 is 0. The maximum absolute atomic E-state index is 5.62. The number of hydrogen-bond acceptors (Lipinski definition) is 3. The molecular formula is C16H30N2O. The van der Waals surface area contributed by atoms with E-state index in [1.807, 2.05) is 0 Å². The molecule has 2 saturated carbocycles. The molecule has 1 aliphatic heterocycles. The number of hydrogen-bond donors (Lipinski definition) is 1. The smallest absolute Gasteiger partial charge is 0.0593 e. The molecule has 0 radical (unpaired) electrons. The summed E-state index contributed by atoms with van der Waals surface area (Å²) in [6.45, 7) is 9.86. The lowest BCUT2D eigenvalue weighted by molar-refractivity contribution is -0.0160. The molecule has 1 heterocycles. The van der Waals surface area contributed by atoms with Gasteiger partial charge in [0.25, 0.3) is 0 Å². The van der Waals surface area contributed by atoms with E-state index in [1.165, 1.54) is 51.6 Å². The van der Waals surface area contributed by atoms with Gasteiger partial charge in [-0.25, -0.2) is 0 Å². The molecule has 19 heavy (non-hydrogen) atoms. The summed E-state index contributed by atoms with van der Waals surface area (Å²) in [6.07, 6.45) is 8.42. The molecule has 1 unspecified atom stereocenters. The average molecular weight is 266 g/mol. The molecule has 3 rings (SSSR count). The SMILES string of the molecule is CCOCCN1CC2(CCCC2)NCC1(C)C1CC1. The molecule has 0 aromatic carbocycles. The Morgan fingerprint density at radius 3 is 2.63 bits per heavy atom. The molecule has 3 fully saturated rings. The van der Waals surface area contributed by atoms with Gasteiger partial charge in [0.1, 0.15) is 0 Å². The molecule has 0 aromatic heterocycles. The van der Waals surface area contributed by atoms with E-state index >= 15 is 0 Å². The van der Waals surface area contributed by atoms with Gasteiger partial charge in [0, 0.05) is 37.3 Å². The van der Waals surface area contributed by atoms with Crippen LogP contribution in [0.1, 0.15) is 52.4 Å². The van der Waals surface area contributed by atoms with Crippen molar-refractivity contribution >= 4 is 0 Å². The Kier molecular flexibility index (Phi) is 3.89. The molecular weight excluding hydrogens is 236 g/mol. The monoisotopic (exact) mass is 266 g/mol. The first kappa shape index (κ1) is 13.8. The Morgan fingerprint density at radius 1 is 1.26 bits per heavy atom. The summed E-state index contributed by atoms with van der Waals surface area (Å²) in [4.78, 5) is 2.77. The fraction of sp³-hybridized carbons (Fsp3) is 1.00. The molecule has 110 valence electrons. The molecule has 1 atom stereocenters. The highest BCUT2D eigenvalue weighted by Crippen LogP contribution is 2.46. The van der Waals surface area contributed by atoms with Crippen molar-refractivity contribution in [2.24, 2.45) is 5.92 Å². The summed E-state index contributed by atoms with van der Waals surface area (Å²) in [6, 6.07) is 0. The highest BCUT2D eigenvalue weighted by Gasteiger charge is 2.52. The number of rotatable bonds is 5. The third-order valence-corrected chi connectivity index (χ3v) is 5.76. The van der Waals surface area contributed by atoms with E-state index in [9.17, 15) is 0 Å². The molecule has 0 aromatic rings. The van der Waals surface area contributed by atoms with Crippen LogP contribution in [0.2, 0.25) is 0 Å². The fourth-order valence-electron chi connectivity index (χ4n) is 4.23. The minimum absolute atomic E-state index is 0.380. The van der Waals surface area contributed by atoms with Crippen LogP contribution in [0.4, 0.5) is 0 Å². The van der Waals surface area contributed by atoms with Gasteiger partial charge in [-0.05, 0) is 45.4 Å². The van der Waals surface area contributed by atoms with Crippen molar-refractivity contribution in [2.45, 2.75) is 63.5 Å². The normalized spacial score (nSPS) is 35.1. The molecule has 0 bridgehead atoms. The van der Waals surface area contributed by atoms with E-state index in [1.54, 1.807) is 0 Å². The van der Waals surface area contributed by atoms with Crippen LogP contribution in [0.3, 0.4) is 0 Å². The molecule has 3 heteroatoms. The minimum atomic E-state index is 0.380. The molecule has 3 aliphatic rings. The van der Waals surface area contributed by atoms with Crippen LogP contribution in [0, 0.1) is 5.92 Å². The average Bonchev–Trinajstić information content (AvgIpc) is 3.17. The van der Waals surface area contributed by atoms with Crippen molar-refractivity contribution in [2.75, 3.05) is 32.8 Å². The van der Waals surface area contributed by atoms with Crippen LogP contribution < -0.4 is 5.32 Å². The Balaban J connectivity index is 1.68. The number of piperazine rings is 1. The van der Waals surface area contributed by atoms with Crippen molar-refractivity contribution in [1.29, 1.82) is 0 Å². The number of nitrogens with zero attached hydrogens (tertiary/aromatic N) is 1. The molecule has 1 N–H and O–H groups in total. The van der Waals surface area contributed by atoms with Gasteiger partial charge < -0.3 is 10.1 Å². The van der Waals surface area contributed by atoms with E-state index in [2.05, 4.69) is 24.1 Å². The Bertz CT molecular complexity index is 310. The van der Waals surface area contributed by atoms with Crippen LogP contribution in [-0.4, -0.2) is 48.8 Å². The second-order valence-corrected chi connectivity index (χ2v) is 7.09. The van der Waals surface area contributed by atoms with Gasteiger partial charge in [0.15, 0.2) is 0 Å². The molecule has 0 amide bonds. The topological polar surface area (TPSA) is 24.5 Å². The highest BCUT2D eigenvalue weighted by atomic mass is 16.5. The van der Waals surface area contributed by atoms with Gasteiger partial charge in [0.05, 0.1) is 6.61 Å². The van der Waals surface area contributed by atoms with Crippen LogP contribution in [0.25, 0.3) is 0 Å². The third-order valence-electron chi connectivity index (χ3n) is 5.76. The largest absolute Gasteiger partial charge is 0.380 e. The lowest BCUT2D eigenvalue weighted by atomic mass is 9.83. The van der Waals surface area contributed by atoms with E-state index < -0.39 is 0 Å². The first-order valence-electron chi connectivity index (χ1n) is 8.26. The molecule has 3 nitrogen and oxygen atoms in total. The summed E-state index contributed by atoms with van der Waals surface area (Å²) in [5.74, 6) is 0.917. The second-order valence-electron chi connectivity index (χ2n) is 7.09. The maximum Gasteiger partial charge on any atom is 0.0593 e. The van der Waals surface area contributed by atoms with Gasteiger partial charge in [-0.15, -0.1) is 0 Å². The lowest BCUT2D eigenvalue weighted by Gasteiger charge is -2.53. The van der Waals surface area contributed by atoms with Crippen molar-refractivity contribution in [1.82, 2.24) is 10.2 Å². The van der Waals surface area contributed by atoms with E-state index in [0.717, 1.165) is 25.7 Å². The van der Waals surface area contributed by atoms with Crippen LogP contribution in [0.5, 0.6) is 0 Å². The first-order valence-corrected chi connectivity index (χ1v) is 8.26. The van der Waals surface area contributed by atoms with Crippen LogP contribution in [0.15, 0.2) is 0 Å². The van der Waals surface area contributed by atoms with Crippen molar-refractivity contribution < 1.29 is 4.74 Å². The number of ether oxygens (including phenoxy) is 1. The summed E-state index contributed by atoms with van der Waals surface area (Å²) < 4.78 is 5.62. The van der Waals surface area contributed by atoms with Crippen LogP contribution >= 0.6 is 0 Å². The minimum Gasteiger partial charge on any atom is -0.380 e. The van der Waals surface area contributed by atoms with E-state index in [4.69, 9.17) is 4.74 Å². The van der Waals surface area contributed by atoms with Crippen molar-refractivity contribution in [3.8, 4) is 0 Å². The highest BCUT2D eigenvalue weighted by molar-refractivity contribution is 5.10. The van der Waals surface area contributed by atoms with Gasteiger partial charge in [-0.2, -0.15) is 0 Å². The maximum atomic E-state index is 5.62. The molecule has 1 spiro atoms. The Labute approximate surface area is 118 Å². The summed E-state index contributed by atoms with van der Waals surface area (Å²) in [5, 5.41) is 3.94. The van der Waals surface area contributed by atoms with Gasteiger partial charge >= 0.3 is 0 Å². The molecule has 2 aliphatic carbocycles. The van der Waals surface area contributed by atoms with Gasteiger partial charge in [0.2, 0.25) is 0 Å². The first-order chi connectivity index (χ1) is 9.19. The lowest BCUT2D eigenvalue weighted by Crippen LogP contribution is -2.69. The summed E-state index contributed by atoms with van der Waals surface area (Å²) in [7, 11) is 0. The Morgan fingerprint density at radius 2 is 2.00 bits per heavy atom. The standard InChI is InChI=1S/C16H30N2O/c1-3-19-11-10-18-13-16(8-4-5-9-16)17-12-15(18,2)14-6-7-14/h14,17H,3-13H2,1-2H3.